The largest absolute Gasteiger partial charge is 0.396 e. The molecule has 0 aromatic heterocycles. The first-order valence-corrected chi connectivity index (χ1v) is 5.92. The van der Waals surface area contributed by atoms with Gasteiger partial charge in [-0.25, -0.2) is 0 Å². The molecular formula is C14H19NO3. The van der Waals surface area contributed by atoms with Crippen molar-refractivity contribution in [1.82, 2.24) is 0 Å². The van der Waals surface area contributed by atoms with Crippen LogP contribution in [0.5, 0.6) is 0 Å². The molecule has 0 unspecified atom stereocenters. The van der Waals surface area contributed by atoms with Crippen LogP contribution < -0.4 is 0 Å². The minimum atomic E-state index is -0.393. The highest BCUT2D eigenvalue weighted by molar-refractivity contribution is 5.59. The van der Waals surface area contributed by atoms with Gasteiger partial charge in [0.1, 0.15) is 0 Å². The van der Waals surface area contributed by atoms with E-state index in [9.17, 15) is 10.1 Å². The first kappa shape index (κ1) is 14.4. The Kier molecular flexibility index (Phi) is 4.62. The number of nitro groups is 1. The Bertz CT molecular complexity index is 459. The van der Waals surface area contributed by atoms with Gasteiger partial charge in [-0.15, -0.1) is 0 Å². The molecule has 0 aliphatic heterocycles. The molecule has 0 atom stereocenters. The predicted molar refractivity (Wildman–Crippen MR) is 72.5 cm³/mol. The first-order valence-electron chi connectivity index (χ1n) is 5.92. The van der Waals surface area contributed by atoms with Crippen LogP contribution in [-0.2, 0) is 5.41 Å². The Morgan fingerprint density at radius 1 is 1.39 bits per heavy atom. The molecule has 0 radical (unpaired) electrons. The van der Waals surface area contributed by atoms with Crippen molar-refractivity contribution >= 4 is 11.8 Å². The SMILES string of the molecule is CC(C)(C)c1ccc([N+](=O)[O-])cc1/C=C/CCO. The van der Waals surface area contributed by atoms with Crippen LogP contribution in [0.15, 0.2) is 24.3 Å². The third-order valence-corrected chi connectivity index (χ3v) is 2.65. The molecule has 1 rings (SSSR count). The highest BCUT2D eigenvalue weighted by Gasteiger charge is 2.19. The monoisotopic (exact) mass is 249 g/mol. The number of nitro benzene ring substituents is 1. The van der Waals surface area contributed by atoms with Gasteiger partial charge >= 0.3 is 0 Å². The van der Waals surface area contributed by atoms with Crippen molar-refractivity contribution < 1.29 is 10.0 Å². The Morgan fingerprint density at radius 2 is 2.06 bits per heavy atom. The second kappa shape index (κ2) is 5.78. The van der Waals surface area contributed by atoms with Crippen molar-refractivity contribution in [3.8, 4) is 0 Å². The molecule has 1 aromatic rings. The molecule has 0 bridgehead atoms. The van der Waals surface area contributed by atoms with E-state index in [0.29, 0.717) is 6.42 Å². The molecule has 18 heavy (non-hydrogen) atoms. The molecule has 0 spiro atoms. The van der Waals surface area contributed by atoms with E-state index in [1.165, 1.54) is 6.07 Å². The average molecular weight is 249 g/mol. The van der Waals surface area contributed by atoms with E-state index in [-0.39, 0.29) is 17.7 Å². The van der Waals surface area contributed by atoms with Crippen LogP contribution in [0.25, 0.3) is 6.08 Å². The fourth-order valence-electron chi connectivity index (χ4n) is 1.77. The predicted octanol–water partition coefficient (Wildman–Crippen LogP) is 3.29. The van der Waals surface area contributed by atoms with Crippen molar-refractivity contribution in [2.75, 3.05) is 6.61 Å². The molecule has 0 amide bonds. The zero-order valence-electron chi connectivity index (χ0n) is 11.0. The van der Waals surface area contributed by atoms with Crippen LogP contribution >= 0.6 is 0 Å². The molecule has 4 nitrogen and oxygen atoms in total. The summed E-state index contributed by atoms with van der Waals surface area (Å²) in [6, 6.07) is 4.91. The molecule has 0 fully saturated rings. The van der Waals surface area contributed by atoms with Gasteiger partial charge < -0.3 is 5.11 Å². The van der Waals surface area contributed by atoms with E-state index in [0.717, 1.165) is 11.1 Å². The second-order valence-electron chi connectivity index (χ2n) is 5.19. The zero-order chi connectivity index (χ0) is 13.8. The maximum atomic E-state index is 10.8. The van der Waals surface area contributed by atoms with Gasteiger partial charge in [0, 0.05) is 18.7 Å². The zero-order valence-corrected chi connectivity index (χ0v) is 11.0. The molecule has 1 aromatic carbocycles. The van der Waals surface area contributed by atoms with E-state index in [1.807, 2.05) is 12.2 Å². The van der Waals surface area contributed by atoms with Gasteiger partial charge in [0.2, 0.25) is 0 Å². The van der Waals surface area contributed by atoms with Crippen LogP contribution in [0.1, 0.15) is 38.3 Å². The van der Waals surface area contributed by atoms with Crippen molar-refractivity contribution in [1.29, 1.82) is 0 Å². The summed E-state index contributed by atoms with van der Waals surface area (Å²) < 4.78 is 0. The van der Waals surface area contributed by atoms with Crippen LogP contribution in [0.3, 0.4) is 0 Å². The molecule has 0 aliphatic rings. The Morgan fingerprint density at radius 3 is 2.56 bits per heavy atom. The highest BCUT2D eigenvalue weighted by atomic mass is 16.6. The highest BCUT2D eigenvalue weighted by Crippen LogP contribution is 2.29. The lowest BCUT2D eigenvalue weighted by Crippen LogP contribution is -2.13. The van der Waals surface area contributed by atoms with Crippen LogP contribution in [0.4, 0.5) is 5.69 Å². The number of non-ortho nitro benzene ring substituents is 1. The molecule has 0 saturated carbocycles. The fraction of sp³-hybridized carbons (Fsp3) is 0.429. The van der Waals surface area contributed by atoms with E-state index in [2.05, 4.69) is 20.8 Å². The maximum Gasteiger partial charge on any atom is 0.270 e. The third-order valence-electron chi connectivity index (χ3n) is 2.65. The normalized spacial score (nSPS) is 12.0. The summed E-state index contributed by atoms with van der Waals surface area (Å²) in [5.41, 5.74) is 1.91. The summed E-state index contributed by atoms with van der Waals surface area (Å²) in [6.07, 6.45) is 4.21. The number of hydrogen-bond acceptors (Lipinski definition) is 3. The molecular weight excluding hydrogens is 230 g/mol. The summed E-state index contributed by atoms with van der Waals surface area (Å²) in [4.78, 5) is 10.4. The first-order chi connectivity index (χ1) is 8.36. The van der Waals surface area contributed by atoms with E-state index in [4.69, 9.17) is 5.11 Å². The van der Waals surface area contributed by atoms with Crippen LogP contribution in [0.2, 0.25) is 0 Å². The van der Waals surface area contributed by atoms with Crippen LogP contribution in [0, 0.1) is 10.1 Å². The van der Waals surface area contributed by atoms with E-state index < -0.39 is 4.92 Å². The standard InChI is InChI=1S/C14H19NO3/c1-14(2,3)13-8-7-12(15(17)18)10-11(13)6-4-5-9-16/h4,6-8,10,16H,5,9H2,1-3H3/b6-4+. The van der Waals surface area contributed by atoms with E-state index in [1.54, 1.807) is 12.1 Å². The second-order valence-corrected chi connectivity index (χ2v) is 5.19. The number of hydrogen-bond donors (Lipinski definition) is 1. The molecule has 4 heteroatoms. The van der Waals surface area contributed by atoms with Gasteiger partial charge in [0.05, 0.1) is 4.92 Å². The molecule has 98 valence electrons. The lowest BCUT2D eigenvalue weighted by molar-refractivity contribution is -0.384. The van der Waals surface area contributed by atoms with Crippen molar-refractivity contribution in [2.24, 2.45) is 0 Å². The lowest BCUT2D eigenvalue weighted by Gasteiger charge is -2.21. The van der Waals surface area contributed by atoms with E-state index >= 15 is 0 Å². The third kappa shape index (κ3) is 3.67. The minimum Gasteiger partial charge on any atom is -0.396 e. The van der Waals surface area contributed by atoms with Gasteiger partial charge in [0.25, 0.3) is 5.69 Å². The molecule has 0 heterocycles. The van der Waals surface area contributed by atoms with Crippen LogP contribution in [-0.4, -0.2) is 16.6 Å². The Balaban J connectivity index is 3.22. The molecule has 0 aliphatic carbocycles. The minimum absolute atomic E-state index is 0.0754. The number of benzene rings is 1. The summed E-state index contributed by atoms with van der Waals surface area (Å²) in [7, 11) is 0. The fourth-order valence-corrected chi connectivity index (χ4v) is 1.77. The smallest absolute Gasteiger partial charge is 0.270 e. The summed E-state index contributed by atoms with van der Waals surface area (Å²) in [5, 5.41) is 19.5. The Labute approximate surface area is 107 Å². The van der Waals surface area contributed by atoms with Gasteiger partial charge in [0.15, 0.2) is 0 Å². The Hall–Kier alpha value is -1.68. The lowest BCUT2D eigenvalue weighted by atomic mass is 9.83. The number of aliphatic hydroxyl groups is 1. The number of nitrogens with zero attached hydrogens (tertiary/aromatic N) is 1. The topological polar surface area (TPSA) is 63.4 Å². The van der Waals surface area contributed by atoms with Gasteiger partial charge in [-0.1, -0.05) is 39.0 Å². The summed E-state index contributed by atoms with van der Waals surface area (Å²) in [5.74, 6) is 0. The van der Waals surface area contributed by atoms with Gasteiger partial charge in [-0.3, -0.25) is 10.1 Å². The van der Waals surface area contributed by atoms with Gasteiger partial charge in [-0.2, -0.15) is 0 Å². The van der Waals surface area contributed by atoms with Crippen molar-refractivity contribution in [3.05, 3.63) is 45.5 Å². The van der Waals surface area contributed by atoms with Gasteiger partial charge in [-0.05, 0) is 23.0 Å². The number of aliphatic hydroxyl groups excluding tert-OH is 1. The average Bonchev–Trinajstić information content (AvgIpc) is 2.27. The summed E-state index contributed by atoms with van der Waals surface area (Å²) >= 11 is 0. The van der Waals surface area contributed by atoms with Crippen molar-refractivity contribution in [3.63, 3.8) is 0 Å². The quantitative estimate of drug-likeness (QED) is 0.657. The maximum absolute atomic E-state index is 10.8. The summed E-state index contributed by atoms with van der Waals surface area (Å²) in [6.45, 7) is 6.28. The van der Waals surface area contributed by atoms with Crippen molar-refractivity contribution in [2.45, 2.75) is 32.6 Å². The number of rotatable bonds is 4. The molecule has 0 saturated heterocycles. The molecule has 1 N–H and O–H groups in total.